The predicted octanol–water partition coefficient (Wildman–Crippen LogP) is 1.01. The van der Waals surface area contributed by atoms with Crippen LogP contribution in [0.25, 0.3) is 0 Å². The van der Waals surface area contributed by atoms with Crippen LogP contribution >= 0.6 is 23.1 Å². The molecule has 0 spiro atoms. The van der Waals surface area contributed by atoms with Crippen LogP contribution in [0.2, 0.25) is 0 Å². The van der Waals surface area contributed by atoms with Gasteiger partial charge in [-0.2, -0.15) is 0 Å². The number of nitrogens with zero attached hydrogens (tertiary/aromatic N) is 2. The minimum absolute atomic E-state index is 0.0115. The Balaban J connectivity index is 1.90. The summed E-state index contributed by atoms with van der Waals surface area (Å²) in [6.07, 6.45) is 0.227. The highest BCUT2D eigenvalue weighted by molar-refractivity contribution is 8.02. The van der Waals surface area contributed by atoms with Crippen LogP contribution in [0.15, 0.2) is 10.4 Å². The number of benzene rings is 1. The summed E-state index contributed by atoms with van der Waals surface area (Å²) >= 11 is 2.35. The number of fused-ring (bicyclic) bond motifs is 1. The van der Waals surface area contributed by atoms with Crippen molar-refractivity contribution in [3.63, 3.8) is 0 Å². The smallest absolute Gasteiger partial charge is 0.535 e. The number of nitrogen functional groups attached to an aromatic ring is 1. The Hall–Kier alpha value is -1.43. The van der Waals surface area contributed by atoms with Crippen LogP contribution in [-0.2, 0) is 13.0 Å². The van der Waals surface area contributed by atoms with E-state index in [1.807, 2.05) is 0 Å². The number of aliphatic hydroxyl groups is 1. The van der Waals surface area contributed by atoms with Crippen LogP contribution in [0.3, 0.4) is 0 Å². The quantitative estimate of drug-likeness (QED) is 0.714. The van der Waals surface area contributed by atoms with E-state index < -0.39 is 30.5 Å². The molecule has 4 N–H and O–H groups in total. The normalized spacial score (nSPS) is 17.3. The molecule has 3 rings (SSSR count). The zero-order chi connectivity index (χ0) is 15.9. The number of rotatable bonds is 3. The lowest BCUT2D eigenvalue weighted by atomic mass is 9.77. The molecule has 6 nitrogen and oxygen atoms in total. The molecule has 1 aliphatic heterocycles. The van der Waals surface area contributed by atoms with E-state index in [9.17, 15) is 18.9 Å². The first kappa shape index (κ1) is 15.5. The van der Waals surface area contributed by atoms with E-state index in [2.05, 4.69) is 10.2 Å². The second kappa shape index (κ2) is 5.99. The van der Waals surface area contributed by atoms with Crippen molar-refractivity contribution >= 4 is 35.3 Å². The molecule has 2 aromatic rings. The van der Waals surface area contributed by atoms with Gasteiger partial charge in [0, 0.05) is 0 Å². The molecule has 0 saturated carbocycles. The minimum Gasteiger partial charge on any atom is -0.535 e. The molecular weight excluding hydrogens is 335 g/mol. The van der Waals surface area contributed by atoms with Crippen molar-refractivity contribution < 1.29 is 23.6 Å². The molecule has 0 bridgehead atoms. The van der Waals surface area contributed by atoms with Crippen molar-refractivity contribution in [3.8, 4) is 5.75 Å². The number of halogens is 2. The molecule has 22 heavy (non-hydrogen) atoms. The third-order valence-corrected chi connectivity index (χ3v) is 5.22. The van der Waals surface area contributed by atoms with Crippen molar-refractivity contribution in [2.24, 2.45) is 0 Å². The van der Waals surface area contributed by atoms with Gasteiger partial charge in [-0.15, -0.1) is 10.2 Å². The highest BCUT2D eigenvalue weighted by atomic mass is 32.2. The fraction of sp³-hybridized carbons (Fsp3) is 0.273. The lowest BCUT2D eigenvalue weighted by Crippen LogP contribution is -2.40. The van der Waals surface area contributed by atoms with Gasteiger partial charge in [-0.25, -0.2) is 8.78 Å². The van der Waals surface area contributed by atoms with Crippen molar-refractivity contribution in [1.29, 1.82) is 0 Å². The third kappa shape index (κ3) is 2.76. The van der Waals surface area contributed by atoms with Crippen LogP contribution in [-0.4, -0.2) is 32.6 Å². The molecule has 116 valence electrons. The van der Waals surface area contributed by atoms with Gasteiger partial charge >= 0.3 is 7.12 Å². The molecule has 11 heteroatoms. The summed E-state index contributed by atoms with van der Waals surface area (Å²) in [5.41, 5.74) is 5.57. The molecule has 0 saturated heterocycles. The van der Waals surface area contributed by atoms with E-state index in [0.717, 1.165) is 17.4 Å². The number of anilines is 1. The average Bonchev–Trinajstić information content (AvgIpc) is 2.88. The summed E-state index contributed by atoms with van der Waals surface area (Å²) in [5, 5.41) is 26.6. The molecular formula is C11H10BF2N3O3S2. The summed E-state index contributed by atoms with van der Waals surface area (Å²) in [6.45, 7) is -0.719. The first-order chi connectivity index (χ1) is 10.5. The van der Waals surface area contributed by atoms with Crippen molar-refractivity contribution in [3.05, 3.63) is 28.8 Å². The highest BCUT2D eigenvalue weighted by Gasteiger charge is 2.38. The summed E-state index contributed by atoms with van der Waals surface area (Å²) in [7, 11) is -1.25. The van der Waals surface area contributed by atoms with Gasteiger partial charge in [0.15, 0.2) is 16.0 Å². The largest absolute Gasteiger partial charge is 0.537 e. The van der Waals surface area contributed by atoms with Gasteiger partial charge in [0.2, 0.25) is 5.13 Å². The first-order valence-electron chi connectivity index (χ1n) is 6.20. The Morgan fingerprint density at radius 3 is 2.91 bits per heavy atom. The lowest BCUT2D eigenvalue weighted by Gasteiger charge is -2.28. The Bertz CT molecular complexity index is 718. The molecule has 0 radical (unpaired) electrons. The Morgan fingerprint density at radius 1 is 1.50 bits per heavy atom. The van der Waals surface area contributed by atoms with E-state index >= 15 is 0 Å². The van der Waals surface area contributed by atoms with Crippen LogP contribution in [0.5, 0.6) is 5.75 Å². The zero-order valence-electron chi connectivity index (χ0n) is 11.0. The standard InChI is InChI=1S/C11H10BF2N3O3S2/c13-6-1-4-2-7(21-11-17-16-10(15)22-11)12(19)20-9(4)5(3-18)8(6)14/h1,7,18-19H,2-3H2,(H2,15,16)/t7-/m0/s1. The van der Waals surface area contributed by atoms with E-state index in [1.165, 1.54) is 11.8 Å². The van der Waals surface area contributed by atoms with E-state index in [4.69, 9.17) is 10.4 Å². The van der Waals surface area contributed by atoms with E-state index in [1.54, 1.807) is 0 Å². The van der Waals surface area contributed by atoms with Gasteiger partial charge in [-0.05, 0) is 18.1 Å². The highest BCUT2D eigenvalue weighted by Crippen LogP contribution is 2.39. The minimum atomic E-state index is -1.25. The third-order valence-electron chi connectivity index (χ3n) is 3.15. The number of aliphatic hydroxyl groups excluding tert-OH is 1. The van der Waals surface area contributed by atoms with Gasteiger partial charge in [-0.3, -0.25) is 0 Å². The van der Waals surface area contributed by atoms with Crippen molar-refractivity contribution in [2.75, 3.05) is 5.73 Å². The maximum Gasteiger partial charge on any atom is 0.537 e. The van der Waals surface area contributed by atoms with Gasteiger partial charge in [0.25, 0.3) is 0 Å². The van der Waals surface area contributed by atoms with E-state index in [0.29, 0.717) is 15.0 Å². The fourth-order valence-corrected chi connectivity index (χ4v) is 4.11. The second-order valence-electron chi connectivity index (χ2n) is 4.57. The second-order valence-corrected chi connectivity index (χ2v) is 7.07. The fourth-order valence-electron chi connectivity index (χ4n) is 2.17. The Morgan fingerprint density at radius 2 is 2.27 bits per heavy atom. The molecule has 1 atom stereocenters. The zero-order valence-corrected chi connectivity index (χ0v) is 12.6. The average molecular weight is 345 g/mol. The van der Waals surface area contributed by atoms with Crippen LogP contribution < -0.4 is 10.4 Å². The van der Waals surface area contributed by atoms with E-state index in [-0.39, 0.29) is 17.7 Å². The van der Waals surface area contributed by atoms with Gasteiger partial charge in [0.1, 0.15) is 5.75 Å². The molecule has 0 unspecified atom stereocenters. The number of hydrogen-bond donors (Lipinski definition) is 3. The number of aromatic nitrogens is 2. The molecule has 0 amide bonds. The predicted molar refractivity (Wildman–Crippen MR) is 78.6 cm³/mol. The van der Waals surface area contributed by atoms with Crippen molar-refractivity contribution in [1.82, 2.24) is 10.2 Å². The summed E-state index contributed by atoms with van der Waals surface area (Å²) in [6, 6.07) is 1.01. The SMILES string of the molecule is Nc1nnc(S[C@H]2Cc3cc(F)c(F)c(CO)c3OB2O)s1. The number of hydrogen-bond acceptors (Lipinski definition) is 8. The molecule has 0 aliphatic carbocycles. The van der Waals surface area contributed by atoms with Crippen LogP contribution in [0.4, 0.5) is 13.9 Å². The maximum atomic E-state index is 13.6. The van der Waals surface area contributed by atoms with Crippen molar-refractivity contribution in [2.45, 2.75) is 22.5 Å². The summed E-state index contributed by atoms with van der Waals surface area (Å²) in [4.78, 5) is 0. The molecule has 1 aromatic heterocycles. The molecule has 0 fully saturated rings. The topological polar surface area (TPSA) is 101 Å². The molecule has 1 aromatic carbocycles. The van der Waals surface area contributed by atoms with Crippen LogP contribution in [0.1, 0.15) is 11.1 Å². The maximum absolute atomic E-state index is 13.6. The van der Waals surface area contributed by atoms with Gasteiger partial charge in [-0.1, -0.05) is 23.1 Å². The molecule has 2 heterocycles. The number of nitrogens with two attached hydrogens (primary N) is 1. The Kier molecular flexibility index (Phi) is 4.21. The summed E-state index contributed by atoms with van der Waals surface area (Å²) in [5.74, 6) is -2.24. The number of thioether (sulfide) groups is 1. The monoisotopic (exact) mass is 345 g/mol. The van der Waals surface area contributed by atoms with Gasteiger partial charge < -0.3 is 20.5 Å². The van der Waals surface area contributed by atoms with Gasteiger partial charge in [0.05, 0.1) is 17.3 Å². The summed E-state index contributed by atoms with van der Waals surface area (Å²) < 4.78 is 33.0. The lowest BCUT2D eigenvalue weighted by molar-refractivity contribution is 0.266. The molecule has 1 aliphatic rings. The first-order valence-corrected chi connectivity index (χ1v) is 7.90. The van der Waals surface area contributed by atoms with Crippen LogP contribution in [0, 0.1) is 11.6 Å². The Labute approximate surface area is 132 Å².